The molecule has 0 aromatic carbocycles. The summed E-state index contributed by atoms with van der Waals surface area (Å²) in [5.41, 5.74) is 1.29. The van der Waals surface area contributed by atoms with Crippen molar-refractivity contribution in [3.05, 3.63) is 46.5 Å². The Morgan fingerprint density at radius 1 is 1.35 bits per heavy atom. The van der Waals surface area contributed by atoms with Crippen LogP contribution >= 0.6 is 15.9 Å². The molecule has 4 nitrogen and oxygen atoms in total. The van der Waals surface area contributed by atoms with Crippen LogP contribution in [0.3, 0.4) is 0 Å². The number of halogens is 1. The first kappa shape index (κ1) is 13.5. The van der Waals surface area contributed by atoms with E-state index in [1.54, 1.807) is 12.3 Å². The van der Waals surface area contributed by atoms with Gasteiger partial charge in [0.1, 0.15) is 5.69 Å². The van der Waals surface area contributed by atoms with Crippen LogP contribution in [0, 0.1) is 0 Å². The Bertz CT molecular complexity index is 617. The molecule has 104 valence electrons. The van der Waals surface area contributed by atoms with Crippen molar-refractivity contribution in [3.8, 4) is 0 Å². The summed E-state index contributed by atoms with van der Waals surface area (Å²) >= 11 is 3.36. The molecule has 1 aliphatic carbocycles. The van der Waals surface area contributed by atoms with Gasteiger partial charge in [0.15, 0.2) is 5.78 Å². The van der Waals surface area contributed by atoms with E-state index in [0.29, 0.717) is 18.2 Å². The van der Waals surface area contributed by atoms with Crippen molar-refractivity contribution in [1.82, 2.24) is 14.8 Å². The van der Waals surface area contributed by atoms with Gasteiger partial charge < -0.3 is 0 Å². The van der Waals surface area contributed by atoms with Gasteiger partial charge in [-0.05, 0) is 47.0 Å². The lowest BCUT2D eigenvalue weighted by Gasteiger charge is -2.08. The molecule has 20 heavy (non-hydrogen) atoms. The quantitative estimate of drug-likeness (QED) is 0.803. The standard InChI is InChI=1S/C15H16BrN3O/c16-13-6-3-8-17-15(13)14(20)10-11-7-9-19(18-11)12-4-1-2-5-12/h3,6-9,12H,1-2,4-5,10H2. The normalized spacial score (nSPS) is 15.7. The number of pyridine rings is 1. The van der Waals surface area contributed by atoms with E-state index in [0.717, 1.165) is 10.2 Å². The summed E-state index contributed by atoms with van der Waals surface area (Å²) < 4.78 is 2.75. The van der Waals surface area contributed by atoms with E-state index in [2.05, 4.69) is 26.0 Å². The maximum Gasteiger partial charge on any atom is 0.188 e. The molecule has 1 fully saturated rings. The molecule has 0 spiro atoms. The lowest BCUT2D eigenvalue weighted by atomic mass is 10.1. The van der Waals surface area contributed by atoms with Crippen LogP contribution < -0.4 is 0 Å². The number of ketones is 1. The molecule has 1 saturated carbocycles. The molecule has 0 radical (unpaired) electrons. The van der Waals surface area contributed by atoms with E-state index >= 15 is 0 Å². The Labute approximate surface area is 126 Å². The summed E-state index contributed by atoms with van der Waals surface area (Å²) in [6.45, 7) is 0. The average molecular weight is 334 g/mol. The van der Waals surface area contributed by atoms with Crippen molar-refractivity contribution in [2.45, 2.75) is 38.1 Å². The molecular formula is C15H16BrN3O. The zero-order chi connectivity index (χ0) is 13.9. The molecule has 1 aliphatic rings. The summed E-state index contributed by atoms with van der Waals surface area (Å²) in [6.07, 6.45) is 8.87. The van der Waals surface area contributed by atoms with Crippen LogP contribution in [0.5, 0.6) is 0 Å². The third-order valence-corrected chi connectivity index (χ3v) is 4.37. The summed E-state index contributed by atoms with van der Waals surface area (Å²) in [5, 5.41) is 4.54. The molecule has 0 amide bonds. The first-order valence-corrected chi connectivity index (χ1v) is 7.71. The highest BCUT2D eigenvalue weighted by Crippen LogP contribution is 2.28. The van der Waals surface area contributed by atoms with Gasteiger partial charge in [-0.15, -0.1) is 0 Å². The van der Waals surface area contributed by atoms with E-state index in [1.165, 1.54) is 25.7 Å². The van der Waals surface area contributed by atoms with Gasteiger partial charge in [-0.2, -0.15) is 5.10 Å². The Kier molecular flexibility index (Phi) is 3.96. The summed E-state index contributed by atoms with van der Waals surface area (Å²) in [6, 6.07) is 6.08. The third-order valence-electron chi connectivity index (χ3n) is 3.73. The Morgan fingerprint density at radius 2 is 2.15 bits per heavy atom. The zero-order valence-electron chi connectivity index (χ0n) is 11.1. The number of Topliss-reactive ketones (excluding diaryl/α,β-unsaturated/α-hetero) is 1. The van der Waals surface area contributed by atoms with Crippen LogP contribution in [0.4, 0.5) is 0 Å². The molecule has 0 unspecified atom stereocenters. The van der Waals surface area contributed by atoms with Crippen LogP contribution in [0.25, 0.3) is 0 Å². The second kappa shape index (κ2) is 5.87. The largest absolute Gasteiger partial charge is 0.292 e. The van der Waals surface area contributed by atoms with Crippen molar-refractivity contribution in [2.24, 2.45) is 0 Å². The molecule has 0 atom stereocenters. The number of carbonyl (C=O) groups excluding carboxylic acids is 1. The molecular weight excluding hydrogens is 318 g/mol. The number of aromatic nitrogens is 3. The zero-order valence-corrected chi connectivity index (χ0v) is 12.7. The number of rotatable bonds is 4. The minimum atomic E-state index is -0.00542. The van der Waals surface area contributed by atoms with Crippen LogP contribution in [0.2, 0.25) is 0 Å². The summed E-state index contributed by atoms with van der Waals surface area (Å²) in [4.78, 5) is 16.4. The fraction of sp³-hybridized carbons (Fsp3) is 0.400. The summed E-state index contributed by atoms with van der Waals surface area (Å²) in [5.74, 6) is -0.00542. The van der Waals surface area contributed by atoms with Gasteiger partial charge in [0.2, 0.25) is 0 Å². The highest BCUT2D eigenvalue weighted by atomic mass is 79.9. The molecule has 5 heteroatoms. The van der Waals surface area contributed by atoms with Gasteiger partial charge in [-0.3, -0.25) is 14.5 Å². The maximum atomic E-state index is 12.2. The number of nitrogens with zero attached hydrogens (tertiary/aromatic N) is 3. The van der Waals surface area contributed by atoms with Crippen LogP contribution in [0.1, 0.15) is 47.9 Å². The van der Waals surface area contributed by atoms with Gasteiger partial charge >= 0.3 is 0 Å². The van der Waals surface area contributed by atoms with Crippen molar-refractivity contribution in [2.75, 3.05) is 0 Å². The van der Waals surface area contributed by atoms with Gasteiger partial charge in [0.05, 0.1) is 18.2 Å². The Balaban J connectivity index is 1.72. The minimum Gasteiger partial charge on any atom is -0.292 e. The smallest absolute Gasteiger partial charge is 0.188 e. The van der Waals surface area contributed by atoms with Gasteiger partial charge in [0.25, 0.3) is 0 Å². The molecule has 2 aromatic rings. The maximum absolute atomic E-state index is 12.2. The monoisotopic (exact) mass is 333 g/mol. The van der Waals surface area contributed by atoms with Gasteiger partial charge in [0, 0.05) is 16.9 Å². The molecule has 2 heterocycles. The van der Waals surface area contributed by atoms with Gasteiger partial charge in [-0.25, -0.2) is 0 Å². The van der Waals surface area contributed by atoms with Crippen molar-refractivity contribution >= 4 is 21.7 Å². The van der Waals surface area contributed by atoms with Gasteiger partial charge in [-0.1, -0.05) is 12.8 Å². The third kappa shape index (κ3) is 2.82. The molecule has 0 bridgehead atoms. The number of hydrogen-bond acceptors (Lipinski definition) is 3. The highest BCUT2D eigenvalue weighted by Gasteiger charge is 2.19. The van der Waals surface area contributed by atoms with E-state index in [-0.39, 0.29) is 5.78 Å². The molecule has 0 aliphatic heterocycles. The first-order valence-electron chi connectivity index (χ1n) is 6.92. The lowest BCUT2D eigenvalue weighted by Crippen LogP contribution is -2.09. The van der Waals surface area contributed by atoms with E-state index in [9.17, 15) is 4.79 Å². The van der Waals surface area contributed by atoms with Crippen LogP contribution in [-0.2, 0) is 6.42 Å². The van der Waals surface area contributed by atoms with Crippen LogP contribution in [0.15, 0.2) is 35.1 Å². The van der Waals surface area contributed by atoms with Crippen molar-refractivity contribution in [1.29, 1.82) is 0 Å². The number of carbonyl (C=O) groups is 1. The molecule has 3 rings (SSSR count). The highest BCUT2D eigenvalue weighted by molar-refractivity contribution is 9.10. The molecule has 2 aromatic heterocycles. The topological polar surface area (TPSA) is 47.8 Å². The predicted molar refractivity (Wildman–Crippen MR) is 79.7 cm³/mol. The fourth-order valence-electron chi connectivity index (χ4n) is 2.68. The Hall–Kier alpha value is -1.49. The SMILES string of the molecule is O=C(Cc1ccn(C2CCCC2)n1)c1ncccc1Br. The van der Waals surface area contributed by atoms with E-state index in [1.807, 2.05) is 23.0 Å². The second-order valence-corrected chi connectivity index (χ2v) is 6.01. The molecule has 0 N–H and O–H groups in total. The Morgan fingerprint density at radius 3 is 2.90 bits per heavy atom. The predicted octanol–water partition coefficient (Wildman–Crippen LogP) is 3.58. The fourth-order valence-corrected chi connectivity index (χ4v) is 3.16. The van der Waals surface area contributed by atoms with E-state index in [4.69, 9.17) is 0 Å². The van der Waals surface area contributed by atoms with E-state index < -0.39 is 0 Å². The van der Waals surface area contributed by atoms with Crippen molar-refractivity contribution in [3.63, 3.8) is 0 Å². The first-order chi connectivity index (χ1) is 9.74. The molecule has 0 saturated heterocycles. The average Bonchev–Trinajstić information content (AvgIpc) is 3.09. The summed E-state index contributed by atoms with van der Waals surface area (Å²) in [7, 11) is 0. The number of hydrogen-bond donors (Lipinski definition) is 0. The minimum absolute atomic E-state index is 0.00542. The second-order valence-electron chi connectivity index (χ2n) is 5.16. The van der Waals surface area contributed by atoms with Crippen LogP contribution in [-0.4, -0.2) is 20.5 Å². The lowest BCUT2D eigenvalue weighted by molar-refractivity contribution is 0.0986. The van der Waals surface area contributed by atoms with Crippen molar-refractivity contribution < 1.29 is 4.79 Å².